The molecule has 1 aliphatic carbocycles. The number of aliphatic imine (C=N–C) groups is 1. The Morgan fingerprint density at radius 1 is 1.17 bits per heavy atom. The van der Waals surface area contributed by atoms with E-state index in [1.165, 1.54) is 14.2 Å². The number of fused-ring (bicyclic) bond motifs is 5. The number of nitrogens with zero attached hydrogens (tertiary/aromatic N) is 3. The molecule has 0 aromatic heterocycles. The normalized spacial score (nSPS) is 30.4. The number of benzene rings is 1. The van der Waals surface area contributed by atoms with Crippen LogP contribution < -0.4 is 0 Å². The van der Waals surface area contributed by atoms with Crippen LogP contribution in [-0.4, -0.2) is 71.7 Å². The number of imide groups is 2. The van der Waals surface area contributed by atoms with Crippen molar-refractivity contribution in [3.05, 3.63) is 47.0 Å². The molecule has 3 aliphatic heterocycles. The maximum atomic E-state index is 13.8. The van der Waals surface area contributed by atoms with Crippen molar-refractivity contribution in [2.75, 3.05) is 20.7 Å². The number of methoxy groups -OCH3 is 1. The third kappa shape index (κ3) is 3.23. The third-order valence-electron chi connectivity index (χ3n) is 7.90. The van der Waals surface area contributed by atoms with Gasteiger partial charge in [0.1, 0.15) is 12.1 Å². The molecule has 3 unspecified atom stereocenters. The molecule has 188 valence electrons. The highest BCUT2D eigenvalue weighted by Gasteiger charge is 2.70. The fourth-order valence-corrected chi connectivity index (χ4v) is 6.40. The minimum absolute atomic E-state index is 0.108. The van der Waals surface area contributed by atoms with E-state index in [0.29, 0.717) is 24.8 Å². The van der Waals surface area contributed by atoms with Crippen LogP contribution in [0, 0.1) is 17.8 Å². The van der Waals surface area contributed by atoms with Gasteiger partial charge in [0.05, 0.1) is 18.9 Å². The van der Waals surface area contributed by atoms with Gasteiger partial charge in [0.25, 0.3) is 5.91 Å². The quantitative estimate of drug-likeness (QED) is 0.453. The maximum absolute atomic E-state index is 13.8. The number of ether oxygens (including phenoxy) is 2. The van der Waals surface area contributed by atoms with Gasteiger partial charge in [0.15, 0.2) is 0 Å². The van der Waals surface area contributed by atoms with Crippen LogP contribution in [0.2, 0.25) is 0 Å². The van der Waals surface area contributed by atoms with Crippen molar-refractivity contribution in [2.24, 2.45) is 22.7 Å². The van der Waals surface area contributed by atoms with E-state index in [1.807, 2.05) is 37.3 Å². The Kier molecular flexibility index (Phi) is 5.77. The van der Waals surface area contributed by atoms with Gasteiger partial charge in [-0.2, -0.15) is 0 Å². The van der Waals surface area contributed by atoms with E-state index in [2.05, 4.69) is 4.99 Å². The lowest BCUT2D eigenvalue weighted by atomic mass is 9.58. The average Bonchev–Trinajstić information content (AvgIpc) is 3.29. The summed E-state index contributed by atoms with van der Waals surface area (Å²) in [5, 5.41) is 0. The maximum Gasteiger partial charge on any atom is 0.424 e. The zero-order chi connectivity index (χ0) is 25.8. The molecule has 0 bridgehead atoms. The zero-order valence-electron chi connectivity index (χ0n) is 20.4. The predicted octanol–water partition coefficient (Wildman–Crippen LogP) is 1.88. The van der Waals surface area contributed by atoms with Gasteiger partial charge in [0, 0.05) is 25.0 Å². The summed E-state index contributed by atoms with van der Waals surface area (Å²) in [6.07, 6.45) is 0.450. The van der Waals surface area contributed by atoms with Crippen LogP contribution in [0.4, 0.5) is 4.79 Å². The van der Waals surface area contributed by atoms with Crippen LogP contribution in [0.3, 0.4) is 0 Å². The monoisotopic (exact) mass is 493 g/mol. The van der Waals surface area contributed by atoms with E-state index in [9.17, 15) is 24.0 Å². The Morgan fingerprint density at radius 3 is 2.56 bits per heavy atom. The number of rotatable bonds is 5. The molecule has 0 radical (unpaired) electrons. The molecule has 4 amide bonds. The molecule has 36 heavy (non-hydrogen) atoms. The summed E-state index contributed by atoms with van der Waals surface area (Å²) >= 11 is 0. The lowest BCUT2D eigenvalue weighted by molar-refractivity contribution is -0.140. The van der Waals surface area contributed by atoms with Gasteiger partial charge < -0.3 is 9.47 Å². The summed E-state index contributed by atoms with van der Waals surface area (Å²) < 4.78 is 10.3. The molecule has 0 N–H and O–H groups in total. The van der Waals surface area contributed by atoms with Crippen LogP contribution in [0.15, 0.2) is 46.5 Å². The van der Waals surface area contributed by atoms with Gasteiger partial charge in [-0.1, -0.05) is 42.8 Å². The Bertz CT molecular complexity index is 1240. The van der Waals surface area contributed by atoms with E-state index in [0.717, 1.165) is 20.9 Å². The van der Waals surface area contributed by atoms with Crippen LogP contribution in [-0.2, 0) is 35.1 Å². The Balaban J connectivity index is 1.79. The van der Waals surface area contributed by atoms with Crippen LogP contribution in [0.5, 0.6) is 0 Å². The molecule has 0 spiro atoms. The highest BCUT2D eigenvalue weighted by Crippen LogP contribution is 2.56. The van der Waals surface area contributed by atoms with Crippen LogP contribution in [0.1, 0.15) is 31.7 Å². The van der Waals surface area contributed by atoms with Crippen LogP contribution in [0.25, 0.3) is 0 Å². The van der Waals surface area contributed by atoms with Crippen LogP contribution >= 0.6 is 0 Å². The molecular weight excluding hydrogens is 466 g/mol. The Labute approximate surface area is 207 Å². The van der Waals surface area contributed by atoms with Crippen molar-refractivity contribution in [1.82, 2.24) is 9.80 Å². The lowest BCUT2D eigenvalue weighted by Gasteiger charge is -2.50. The highest BCUT2D eigenvalue weighted by atomic mass is 16.6. The minimum Gasteiger partial charge on any atom is -0.468 e. The van der Waals surface area contributed by atoms with E-state index >= 15 is 0 Å². The van der Waals surface area contributed by atoms with Gasteiger partial charge >= 0.3 is 12.1 Å². The first-order chi connectivity index (χ1) is 17.3. The second-order valence-corrected chi connectivity index (χ2v) is 9.53. The van der Waals surface area contributed by atoms with E-state index in [-0.39, 0.29) is 24.1 Å². The number of amides is 4. The van der Waals surface area contributed by atoms with Gasteiger partial charge in [-0.05, 0) is 24.8 Å². The molecule has 10 heteroatoms. The molecule has 3 fully saturated rings. The first-order valence-electron chi connectivity index (χ1n) is 12.0. The number of carbonyl (C=O) groups is 5. The molecule has 1 saturated carbocycles. The smallest absolute Gasteiger partial charge is 0.424 e. The predicted molar refractivity (Wildman–Crippen MR) is 125 cm³/mol. The Morgan fingerprint density at radius 2 is 1.89 bits per heavy atom. The average molecular weight is 494 g/mol. The van der Waals surface area contributed by atoms with Crippen molar-refractivity contribution < 1.29 is 33.4 Å². The fraction of sp³-hybridized carbons (Fsp3) is 0.462. The minimum atomic E-state index is -1.50. The van der Waals surface area contributed by atoms with Crippen molar-refractivity contribution in [1.29, 1.82) is 0 Å². The van der Waals surface area contributed by atoms with Gasteiger partial charge in [-0.15, -0.1) is 0 Å². The summed E-state index contributed by atoms with van der Waals surface area (Å²) in [5.41, 5.74) is 0.507. The molecule has 4 atom stereocenters. The molecule has 2 saturated heterocycles. The van der Waals surface area contributed by atoms with Crippen molar-refractivity contribution in [3.8, 4) is 0 Å². The molecule has 4 aliphatic rings. The summed E-state index contributed by atoms with van der Waals surface area (Å²) in [4.78, 5) is 72.1. The third-order valence-corrected chi connectivity index (χ3v) is 7.90. The number of hydrogen-bond donors (Lipinski definition) is 0. The van der Waals surface area contributed by atoms with Crippen molar-refractivity contribution >= 4 is 35.7 Å². The summed E-state index contributed by atoms with van der Waals surface area (Å²) in [6.45, 7) is 1.40. The molecule has 1 aromatic carbocycles. The number of esters is 1. The van der Waals surface area contributed by atoms with E-state index < -0.39 is 47.8 Å². The SMILES string of the molecule is CCC1=C2CCC3C(=O)N(C)C(=O)C3C2[C@@]2(Cc3ccccc3)C(=NCC(=O)OC)OC(=O)N2C1=O. The molecular formula is C26H27N3O7. The second kappa shape index (κ2) is 8.69. The number of cyclic esters (lactones) is 1. The summed E-state index contributed by atoms with van der Waals surface area (Å²) in [7, 11) is 2.68. The standard InChI is InChI=1S/C26H27N3O7/c1-4-15-16-10-11-17-19(23(33)28(2)21(17)31)20(16)26(12-14-8-6-5-7-9-14)24(27-13-18(30)35-3)36-25(34)29(26)22(15)32/h5-9,17,19-20H,4,10-13H2,1-3H3/t17?,19?,20?,26-/m0/s1. The first-order valence-corrected chi connectivity index (χ1v) is 12.0. The Hall–Kier alpha value is -3.82. The second-order valence-electron chi connectivity index (χ2n) is 9.53. The summed E-state index contributed by atoms with van der Waals surface area (Å²) in [6, 6.07) is 9.22. The van der Waals surface area contributed by atoms with E-state index in [4.69, 9.17) is 9.47 Å². The molecule has 5 rings (SSSR count). The molecule has 3 heterocycles. The molecule has 10 nitrogen and oxygen atoms in total. The first kappa shape index (κ1) is 23.9. The largest absolute Gasteiger partial charge is 0.468 e. The topological polar surface area (TPSA) is 123 Å². The van der Waals surface area contributed by atoms with E-state index in [1.54, 1.807) is 0 Å². The number of carbonyl (C=O) groups excluding carboxylic acids is 5. The lowest BCUT2D eigenvalue weighted by Crippen LogP contribution is -2.65. The van der Waals surface area contributed by atoms with Crippen molar-refractivity contribution in [2.45, 2.75) is 38.1 Å². The van der Waals surface area contributed by atoms with Gasteiger partial charge in [0.2, 0.25) is 17.7 Å². The van der Waals surface area contributed by atoms with Gasteiger partial charge in [-0.25, -0.2) is 14.7 Å². The number of likely N-dealkylation sites (tertiary alicyclic amines) is 1. The highest BCUT2D eigenvalue weighted by molar-refractivity contribution is 6.17. The van der Waals surface area contributed by atoms with Gasteiger partial charge in [-0.3, -0.25) is 24.1 Å². The molecule has 1 aromatic rings. The summed E-state index contributed by atoms with van der Waals surface area (Å²) in [5.74, 6) is -3.94. The number of hydrogen-bond acceptors (Lipinski definition) is 8. The van der Waals surface area contributed by atoms with Crippen molar-refractivity contribution in [3.63, 3.8) is 0 Å². The fourth-order valence-electron chi connectivity index (χ4n) is 6.40. The zero-order valence-corrected chi connectivity index (χ0v) is 20.4.